The number of benzene rings is 1. The van der Waals surface area contributed by atoms with Gasteiger partial charge in [-0.3, -0.25) is 4.79 Å². The van der Waals surface area contributed by atoms with Crippen molar-refractivity contribution in [1.29, 1.82) is 0 Å². The van der Waals surface area contributed by atoms with Gasteiger partial charge in [0.2, 0.25) is 0 Å². The fourth-order valence-corrected chi connectivity index (χ4v) is 3.47. The number of aliphatic carboxylic acids is 1. The van der Waals surface area contributed by atoms with Crippen molar-refractivity contribution in [2.75, 3.05) is 6.61 Å². The highest BCUT2D eigenvalue weighted by Gasteiger charge is 2.15. The standard InChI is InChI=1S/C23H30O4/c1-3-5-21(15-23(25)26)20-10-12-22(13-11-20)27-16-19-7-4-6-18(14-19)9-8-17(2)24/h10-14,17-18,21,24H,4,6-9,15-16H2,1-2H3,(H,25,26). The Labute approximate surface area is 162 Å². The average molecular weight is 370 g/mol. The molecule has 1 aliphatic rings. The summed E-state index contributed by atoms with van der Waals surface area (Å²) in [6, 6.07) is 7.56. The van der Waals surface area contributed by atoms with Crippen LogP contribution in [0, 0.1) is 17.8 Å². The number of aliphatic hydroxyl groups excluding tert-OH is 1. The zero-order valence-electron chi connectivity index (χ0n) is 16.3. The molecule has 146 valence electrons. The fourth-order valence-electron chi connectivity index (χ4n) is 3.47. The molecule has 0 saturated heterocycles. The van der Waals surface area contributed by atoms with Gasteiger partial charge in [0.15, 0.2) is 0 Å². The van der Waals surface area contributed by atoms with Gasteiger partial charge in [0.05, 0.1) is 18.4 Å². The van der Waals surface area contributed by atoms with Gasteiger partial charge in [-0.15, -0.1) is 5.92 Å². The Hall–Kier alpha value is -2.25. The van der Waals surface area contributed by atoms with Gasteiger partial charge in [-0.25, -0.2) is 0 Å². The number of carbonyl (C=O) groups is 1. The van der Waals surface area contributed by atoms with E-state index in [2.05, 4.69) is 17.9 Å². The number of aliphatic hydroxyl groups is 1. The Kier molecular flexibility index (Phi) is 8.42. The van der Waals surface area contributed by atoms with E-state index >= 15 is 0 Å². The third-order valence-corrected chi connectivity index (χ3v) is 4.90. The average Bonchev–Trinajstić information content (AvgIpc) is 2.65. The monoisotopic (exact) mass is 370 g/mol. The lowest BCUT2D eigenvalue weighted by Crippen LogP contribution is -2.12. The van der Waals surface area contributed by atoms with E-state index in [0.29, 0.717) is 12.5 Å². The van der Waals surface area contributed by atoms with E-state index in [9.17, 15) is 9.90 Å². The summed E-state index contributed by atoms with van der Waals surface area (Å²) in [5, 5.41) is 18.5. The second kappa shape index (κ2) is 10.8. The number of rotatable bonds is 9. The predicted octanol–water partition coefficient (Wildman–Crippen LogP) is 4.53. The quantitative estimate of drug-likeness (QED) is 0.495. The summed E-state index contributed by atoms with van der Waals surface area (Å²) in [6.07, 6.45) is 7.38. The van der Waals surface area contributed by atoms with Gasteiger partial charge < -0.3 is 14.9 Å². The fraction of sp³-hybridized carbons (Fsp3) is 0.522. The normalized spacial score (nSPS) is 18.6. The van der Waals surface area contributed by atoms with Crippen LogP contribution in [0.5, 0.6) is 5.75 Å². The van der Waals surface area contributed by atoms with Crippen LogP contribution in [0.4, 0.5) is 0 Å². The molecule has 1 aromatic rings. The summed E-state index contributed by atoms with van der Waals surface area (Å²) in [7, 11) is 0. The molecule has 3 unspecified atom stereocenters. The van der Waals surface area contributed by atoms with E-state index in [1.807, 2.05) is 31.2 Å². The van der Waals surface area contributed by atoms with Crippen LogP contribution in [0.2, 0.25) is 0 Å². The topological polar surface area (TPSA) is 66.8 Å². The minimum atomic E-state index is -0.850. The van der Waals surface area contributed by atoms with E-state index in [1.54, 1.807) is 6.92 Å². The number of ether oxygens (including phenoxy) is 1. The van der Waals surface area contributed by atoms with Gasteiger partial charge >= 0.3 is 5.97 Å². The first-order valence-corrected chi connectivity index (χ1v) is 9.72. The number of carboxylic acids is 1. The molecule has 4 nitrogen and oxygen atoms in total. The maximum Gasteiger partial charge on any atom is 0.304 e. The molecule has 0 saturated carbocycles. The summed E-state index contributed by atoms with van der Waals surface area (Å²) in [6.45, 7) is 4.14. The Balaban J connectivity index is 1.92. The first-order chi connectivity index (χ1) is 13.0. The summed E-state index contributed by atoms with van der Waals surface area (Å²) in [5.41, 5.74) is 2.22. The van der Waals surface area contributed by atoms with Crippen molar-refractivity contribution in [1.82, 2.24) is 0 Å². The smallest absolute Gasteiger partial charge is 0.304 e. The maximum absolute atomic E-state index is 11.0. The lowest BCUT2D eigenvalue weighted by atomic mass is 9.87. The van der Waals surface area contributed by atoms with Crippen LogP contribution in [-0.2, 0) is 4.79 Å². The first-order valence-electron chi connectivity index (χ1n) is 9.72. The third kappa shape index (κ3) is 7.48. The minimum absolute atomic E-state index is 0.00176. The third-order valence-electron chi connectivity index (χ3n) is 4.90. The summed E-state index contributed by atoms with van der Waals surface area (Å²) >= 11 is 0. The van der Waals surface area contributed by atoms with Crippen molar-refractivity contribution in [3.05, 3.63) is 41.5 Å². The molecule has 0 fully saturated rings. The highest BCUT2D eigenvalue weighted by atomic mass is 16.5. The molecule has 4 heteroatoms. The van der Waals surface area contributed by atoms with Crippen LogP contribution < -0.4 is 4.74 Å². The number of carboxylic acid groups (broad SMARTS) is 1. The van der Waals surface area contributed by atoms with E-state index in [4.69, 9.17) is 9.84 Å². The van der Waals surface area contributed by atoms with Crippen molar-refractivity contribution < 1.29 is 19.7 Å². The van der Waals surface area contributed by atoms with Crippen molar-refractivity contribution >= 4 is 5.97 Å². The summed E-state index contributed by atoms with van der Waals surface area (Å²) in [5.74, 6) is 5.95. The molecule has 0 bridgehead atoms. The Bertz CT molecular complexity index is 691. The largest absolute Gasteiger partial charge is 0.489 e. The number of allylic oxidation sites excluding steroid dienone is 1. The molecule has 0 aliphatic heterocycles. The molecular weight excluding hydrogens is 340 g/mol. The second-order valence-electron chi connectivity index (χ2n) is 7.31. The lowest BCUT2D eigenvalue weighted by molar-refractivity contribution is -0.137. The first kappa shape index (κ1) is 21.1. The van der Waals surface area contributed by atoms with Gasteiger partial charge in [-0.2, -0.15) is 0 Å². The molecule has 0 amide bonds. The van der Waals surface area contributed by atoms with Crippen molar-refractivity contribution in [3.8, 4) is 17.6 Å². The molecule has 0 spiro atoms. The predicted molar refractivity (Wildman–Crippen MR) is 107 cm³/mol. The Morgan fingerprint density at radius 1 is 1.33 bits per heavy atom. The zero-order valence-corrected chi connectivity index (χ0v) is 16.3. The zero-order chi connectivity index (χ0) is 19.6. The van der Waals surface area contributed by atoms with Crippen LogP contribution >= 0.6 is 0 Å². The molecule has 0 heterocycles. The van der Waals surface area contributed by atoms with Gasteiger partial charge in [0, 0.05) is 0 Å². The molecule has 2 N–H and O–H groups in total. The van der Waals surface area contributed by atoms with Crippen molar-refractivity contribution in [2.24, 2.45) is 5.92 Å². The van der Waals surface area contributed by atoms with E-state index < -0.39 is 5.97 Å². The Morgan fingerprint density at radius 2 is 2.07 bits per heavy atom. The van der Waals surface area contributed by atoms with E-state index in [1.165, 1.54) is 18.4 Å². The van der Waals surface area contributed by atoms with Gasteiger partial charge in [-0.05, 0) is 75.1 Å². The van der Waals surface area contributed by atoms with Crippen LogP contribution in [0.1, 0.15) is 63.9 Å². The highest BCUT2D eigenvalue weighted by molar-refractivity contribution is 5.69. The molecule has 0 aromatic heterocycles. The lowest BCUT2D eigenvalue weighted by Gasteiger charge is -2.22. The molecule has 3 atom stereocenters. The van der Waals surface area contributed by atoms with Crippen LogP contribution in [-0.4, -0.2) is 28.9 Å². The van der Waals surface area contributed by atoms with Gasteiger partial charge in [0.1, 0.15) is 12.4 Å². The van der Waals surface area contributed by atoms with Crippen LogP contribution in [0.3, 0.4) is 0 Å². The molecule has 2 rings (SSSR count). The summed E-state index contributed by atoms with van der Waals surface area (Å²) in [4.78, 5) is 11.0. The molecule has 1 aliphatic carbocycles. The maximum atomic E-state index is 11.0. The van der Waals surface area contributed by atoms with Gasteiger partial charge in [-0.1, -0.05) is 24.1 Å². The molecule has 0 radical (unpaired) electrons. The molecule has 27 heavy (non-hydrogen) atoms. The minimum Gasteiger partial charge on any atom is -0.489 e. The van der Waals surface area contributed by atoms with Crippen LogP contribution in [0.25, 0.3) is 0 Å². The van der Waals surface area contributed by atoms with Crippen LogP contribution in [0.15, 0.2) is 35.9 Å². The number of hydrogen-bond donors (Lipinski definition) is 2. The van der Waals surface area contributed by atoms with Crippen molar-refractivity contribution in [3.63, 3.8) is 0 Å². The SMILES string of the molecule is CC#CC(CC(=O)O)c1ccc(OCC2=CC(CCC(C)O)CCC2)cc1. The highest BCUT2D eigenvalue weighted by Crippen LogP contribution is 2.28. The van der Waals surface area contributed by atoms with E-state index in [-0.39, 0.29) is 18.4 Å². The van der Waals surface area contributed by atoms with Crippen molar-refractivity contribution in [2.45, 2.75) is 64.4 Å². The Morgan fingerprint density at radius 3 is 2.70 bits per heavy atom. The molecule has 1 aromatic carbocycles. The second-order valence-corrected chi connectivity index (χ2v) is 7.31. The summed E-state index contributed by atoms with van der Waals surface area (Å²) < 4.78 is 5.93. The number of hydrogen-bond acceptors (Lipinski definition) is 3. The van der Waals surface area contributed by atoms with Gasteiger partial charge in [0.25, 0.3) is 0 Å². The van der Waals surface area contributed by atoms with E-state index in [0.717, 1.165) is 30.6 Å². The molecular formula is C23H30O4.